The Kier molecular flexibility index (Phi) is 8.63. The lowest BCUT2D eigenvalue weighted by atomic mass is 10.0. The lowest BCUT2D eigenvalue weighted by Crippen LogP contribution is -2.47. The van der Waals surface area contributed by atoms with Crippen LogP contribution in [-0.2, 0) is 19.6 Å². The molecule has 0 radical (unpaired) electrons. The molecular weight excluding hydrogens is 601 g/mol. The Balaban J connectivity index is 1.39. The molecule has 0 bridgehead atoms. The Morgan fingerprint density at radius 2 is 1.81 bits per heavy atom. The molecule has 0 spiro atoms. The fraction of sp³-hybridized carbons (Fsp3) is 0.276. The number of ether oxygens (including phenoxy) is 1. The number of nitrogens with one attached hydrogen (secondary N) is 2. The highest BCUT2D eigenvalue weighted by molar-refractivity contribution is 7.90. The summed E-state index contributed by atoms with van der Waals surface area (Å²) >= 11 is 12.1. The van der Waals surface area contributed by atoms with Crippen molar-refractivity contribution in [2.24, 2.45) is 0 Å². The number of piperidine rings is 1. The number of fused-ring (bicyclic) bond motifs is 1. The molecule has 0 unspecified atom stereocenters. The molecular formula is C29H29Cl2N5O5S. The fourth-order valence-electron chi connectivity index (χ4n) is 4.97. The molecule has 42 heavy (non-hydrogen) atoms. The van der Waals surface area contributed by atoms with Crippen LogP contribution in [0.1, 0.15) is 28.8 Å². The minimum absolute atomic E-state index is 0.0516. The zero-order valence-corrected chi connectivity index (χ0v) is 25.3. The van der Waals surface area contributed by atoms with Crippen LogP contribution < -0.4 is 10.6 Å². The highest BCUT2D eigenvalue weighted by atomic mass is 35.5. The van der Waals surface area contributed by atoms with Gasteiger partial charge in [0.2, 0.25) is 5.91 Å². The maximum Gasteiger partial charge on any atom is 0.341 e. The van der Waals surface area contributed by atoms with E-state index in [1.807, 2.05) is 6.92 Å². The molecule has 1 saturated heterocycles. The molecule has 0 aliphatic carbocycles. The number of hydrogen-bond donors (Lipinski definition) is 2. The van der Waals surface area contributed by atoms with Gasteiger partial charge < -0.3 is 20.3 Å². The van der Waals surface area contributed by atoms with Gasteiger partial charge in [-0.15, -0.1) is 0 Å². The van der Waals surface area contributed by atoms with Crippen molar-refractivity contribution >= 4 is 67.5 Å². The van der Waals surface area contributed by atoms with Gasteiger partial charge in [0.25, 0.3) is 10.0 Å². The van der Waals surface area contributed by atoms with Gasteiger partial charge in [0.15, 0.2) is 5.65 Å². The van der Waals surface area contributed by atoms with Crippen LogP contribution >= 0.6 is 23.2 Å². The van der Waals surface area contributed by atoms with E-state index in [2.05, 4.69) is 15.6 Å². The van der Waals surface area contributed by atoms with Crippen molar-refractivity contribution in [1.29, 1.82) is 0 Å². The molecule has 2 aromatic heterocycles. The molecule has 1 aliphatic rings. The number of aryl methyl sites for hydroxylation is 1. The molecule has 5 rings (SSSR count). The summed E-state index contributed by atoms with van der Waals surface area (Å²) in [6.07, 6.45) is 4.19. The number of rotatable bonds is 8. The minimum atomic E-state index is -3.95. The van der Waals surface area contributed by atoms with Crippen LogP contribution in [-0.4, -0.2) is 66.9 Å². The maximum absolute atomic E-state index is 13.5. The number of carbonyl (C=O) groups is 2. The van der Waals surface area contributed by atoms with E-state index >= 15 is 0 Å². The molecule has 1 atom stereocenters. The number of halogens is 2. The van der Waals surface area contributed by atoms with Crippen LogP contribution in [0.4, 0.5) is 11.4 Å². The van der Waals surface area contributed by atoms with Crippen LogP contribution in [0.3, 0.4) is 0 Å². The molecule has 1 amide bonds. The van der Waals surface area contributed by atoms with Crippen molar-refractivity contribution in [2.45, 2.75) is 30.7 Å². The predicted molar refractivity (Wildman–Crippen MR) is 163 cm³/mol. The Morgan fingerprint density at radius 1 is 1.10 bits per heavy atom. The van der Waals surface area contributed by atoms with Gasteiger partial charge in [-0.25, -0.2) is 22.2 Å². The smallest absolute Gasteiger partial charge is 0.341 e. The van der Waals surface area contributed by atoms with Crippen molar-refractivity contribution in [3.63, 3.8) is 0 Å². The third-order valence-corrected chi connectivity index (χ3v) is 9.21. The zero-order valence-electron chi connectivity index (χ0n) is 22.9. The third-order valence-electron chi connectivity index (χ3n) is 7.09. The Bertz CT molecular complexity index is 1740. The van der Waals surface area contributed by atoms with Crippen LogP contribution in [0.25, 0.3) is 11.0 Å². The summed E-state index contributed by atoms with van der Waals surface area (Å²) < 4.78 is 33.0. The van der Waals surface area contributed by atoms with Crippen LogP contribution in [0, 0.1) is 6.92 Å². The van der Waals surface area contributed by atoms with Gasteiger partial charge in [0.1, 0.15) is 5.56 Å². The highest BCUT2D eigenvalue weighted by Gasteiger charge is 2.28. The molecule has 1 aliphatic heterocycles. The van der Waals surface area contributed by atoms with Gasteiger partial charge in [-0.3, -0.25) is 4.79 Å². The summed E-state index contributed by atoms with van der Waals surface area (Å²) in [5.74, 6) is -0.727. The summed E-state index contributed by atoms with van der Waals surface area (Å²) in [4.78, 5) is 31.9. The molecule has 10 nitrogen and oxygen atoms in total. The average molecular weight is 631 g/mol. The number of amides is 1. The van der Waals surface area contributed by atoms with Crippen LogP contribution in [0.5, 0.6) is 0 Å². The number of nitrogens with zero attached hydrogens (tertiary/aromatic N) is 3. The van der Waals surface area contributed by atoms with Crippen LogP contribution in [0.2, 0.25) is 10.0 Å². The second kappa shape index (κ2) is 12.2. The quantitative estimate of drug-likeness (QED) is 0.255. The standard InChI is InChI=1S/C29H29Cl2N5O5S/c1-18-5-7-23(8-6-18)42(39,40)36-11-9-24-27(25(29(38)41-2)15-33-28(24)36)34-21-4-3-10-35(17-21)26(37)16-32-22-13-19(30)12-20(31)14-22/h5-9,11-15,21,32H,3-4,10,16-17H2,1-2H3,(H,33,34)/t21-/m1/s1. The number of anilines is 2. The maximum atomic E-state index is 13.5. The monoisotopic (exact) mass is 629 g/mol. The van der Waals surface area contributed by atoms with E-state index in [9.17, 15) is 18.0 Å². The topological polar surface area (TPSA) is 123 Å². The first kappa shape index (κ1) is 29.7. The van der Waals surface area contributed by atoms with Crippen molar-refractivity contribution in [3.8, 4) is 0 Å². The summed E-state index contributed by atoms with van der Waals surface area (Å²) in [5, 5.41) is 7.83. The van der Waals surface area contributed by atoms with Gasteiger partial charge in [0.05, 0.1) is 24.2 Å². The largest absolute Gasteiger partial charge is 0.465 e. The fourth-order valence-corrected chi connectivity index (χ4v) is 6.80. The zero-order chi connectivity index (χ0) is 30.0. The van der Waals surface area contributed by atoms with Crippen molar-refractivity contribution < 1.29 is 22.7 Å². The Labute approximate surface area is 253 Å². The van der Waals surface area contributed by atoms with Gasteiger partial charge in [0, 0.05) is 52.6 Å². The van der Waals surface area contributed by atoms with E-state index in [1.54, 1.807) is 53.4 Å². The summed E-state index contributed by atoms with van der Waals surface area (Å²) in [7, 11) is -2.68. The van der Waals surface area contributed by atoms with Gasteiger partial charge in [-0.1, -0.05) is 40.9 Å². The first-order chi connectivity index (χ1) is 20.1. The number of esters is 1. The van der Waals surface area contributed by atoms with Crippen molar-refractivity contribution in [1.82, 2.24) is 13.9 Å². The van der Waals surface area contributed by atoms with E-state index in [0.717, 1.165) is 22.4 Å². The van der Waals surface area contributed by atoms with E-state index in [1.165, 1.54) is 19.5 Å². The Hall–Kier alpha value is -3.80. The Morgan fingerprint density at radius 3 is 2.50 bits per heavy atom. The number of pyridine rings is 1. The van der Waals surface area contributed by atoms with Crippen LogP contribution in [0.15, 0.2) is 65.8 Å². The average Bonchev–Trinajstić information content (AvgIpc) is 3.41. The summed E-state index contributed by atoms with van der Waals surface area (Å²) in [6, 6.07) is 12.9. The summed E-state index contributed by atoms with van der Waals surface area (Å²) in [5.41, 5.74) is 2.30. The molecule has 2 N–H and O–H groups in total. The number of likely N-dealkylation sites (tertiary alicyclic amines) is 1. The van der Waals surface area contributed by atoms with E-state index < -0.39 is 16.0 Å². The van der Waals surface area contributed by atoms with Crippen molar-refractivity contribution in [3.05, 3.63) is 82.1 Å². The van der Waals surface area contributed by atoms with E-state index in [-0.39, 0.29) is 34.6 Å². The molecule has 1 fully saturated rings. The first-order valence-electron chi connectivity index (χ1n) is 13.2. The number of benzene rings is 2. The number of aromatic nitrogens is 2. The normalized spacial score (nSPS) is 15.4. The van der Waals surface area contributed by atoms with E-state index in [0.29, 0.717) is 39.9 Å². The lowest BCUT2D eigenvalue weighted by Gasteiger charge is -2.34. The first-order valence-corrected chi connectivity index (χ1v) is 15.4. The lowest BCUT2D eigenvalue weighted by molar-refractivity contribution is -0.130. The molecule has 3 heterocycles. The minimum Gasteiger partial charge on any atom is -0.465 e. The highest BCUT2D eigenvalue weighted by Crippen LogP contribution is 2.31. The molecule has 13 heteroatoms. The molecule has 0 saturated carbocycles. The van der Waals surface area contributed by atoms with Gasteiger partial charge >= 0.3 is 5.97 Å². The van der Waals surface area contributed by atoms with Gasteiger partial charge in [-0.2, -0.15) is 0 Å². The molecule has 2 aromatic carbocycles. The second-order valence-corrected chi connectivity index (χ2v) is 12.7. The van der Waals surface area contributed by atoms with Crippen molar-refractivity contribution in [2.75, 3.05) is 37.4 Å². The summed E-state index contributed by atoms with van der Waals surface area (Å²) in [6.45, 7) is 2.89. The predicted octanol–water partition coefficient (Wildman–Crippen LogP) is 5.19. The number of methoxy groups -OCH3 is 1. The SMILES string of the molecule is COC(=O)c1cnc2c(ccn2S(=O)(=O)c2ccc(C)cc2)c1N[C@@H]1CCCN(C(=O)CNc2cc(Cl)cc(Cl)c2)C1. The second-order valence-electron chi connectivity index (χ2n) is 10.0. The molecule has 4 aromatic rings. The number of hydrogen-bond acceptors (Lipinski definition) is 8. The number of carbonyl (C=O) groups excluding carboxylic acids is 2. The van der Waals surface area contributed by atoms with E-state index in [4.69, 9.17) is 27.9 Å². The van der Waals surface area contributed by atoms with Gasteiger partial charge in [-0.05, 0) is 56.2 Å². The molecule has 220 valence electrons. The third kappa shape index (κ3) is 6.18.